The third-order valence-electron chi connectivity index (χ3n) is 2.13. The first-order chi connectivity index (χ1) is 7.63. The van der Waals surface area contributed by atoms with Gasteiger partial charge in [0, 0.05) is 6.04 Å². The van der Waals surface area contributed by atoms with E-state index in [1.165, 1.54) is 12.1 Å². The van der Waals surface area contributed by atoms with E-state index < -0.39 is 6.04 Å². The summed E-state index contributed by atoms with van der Waals surface area (Å²) in [6, 6.07) is 5.42. The molecule has 88 valence electrons. The standard InChI is InChI=1S/C12H16FNO2/c1-2-6-16-12(15)8-11(14)9-4-3-5-10(13)7-9/h3-5,7,11H,2,6,8,14H2,1H3/t11-/m0/s1. The average Bonchev–Trinajstić information content (AvgIpc) is 2.26. The van der Waals surface area contributed by atoms with Gasteiger partial charge in [0.1, 0.15) is 5.82 Å². The third-order valence-corrected chi connectivity index (χ3v) is 2.13. The van der Waals surface area contributed by atoms with Crippen LogP contribution >= 0.6 is 0 Å². The van der Waals surface area contributed by atoms with Gasteiger partial charge in [-0.1, -0.05) is 19.1 Å². The fraction of sp³-hybridized carbons (Fsp3) is 0.417. The summed E-state index contributed by atoms with van der Waals surface area (Å²) in [6.07, 6.45) is 0.852. The van der Waals surface area contributed by atoms with Crippen molar-refractivity contribution in [2.24, 2.45) is 5.73 Å². The van der Waals surface area contributed by atoms with Crippen LogP contribution in [0.15, 0.2) is 24.3 Å². The van der Waals surface area contributed by atoms with Gasteiger partial charge in [0.05, 0.1) is 13.0 Å². The molecular formula is C12H16FNO2. The minimum Gasteiger partial charge on any atom is -0.466 e. The van der Waals surface area contributed by atoms with Crippen LogP contribution in [0.5, 0.6) is 0 Å². The van der Waals surface area contributed by atoms with Gasteiger partial charge in [-0.15, -0.1) is 0 Å². The van der Waals surface area contributed by atoms with Crippen LogP contribution < -0.4 is 5.73 Å². The Hall–Kier alpha value is -1.42. The number of esters is 1. The zero-order chi connectivity index (χ0) is 12.0. The van der Waals surface area contributed by atoms with Crippen LogP contribution in [-0.2, 0) is 9.53 Å². The SMILES string of the molecule is CCCOC(=O)C[C@H](N)c1cccc(F)c1. The van der Waals surface area contributed by atoms with E-state index in [-0.39, 0.29) is 18.2 Å². The molecule has 3 nitrogen and oxygen atoms in total. The van der Waals surface area contributed by atoms with Gasteiger partial charge in [-0.05, 0) is 24.1 Å². The Morgan fingerprint density at radius 3 is 2.94 bits per heavy atom. The van der Waals surface area contributed by atoms with Crippen molar-refractivity contribution in [1.82, 2.24) is 0 Å². The zero-order valence-corrected chi connectivity index (χ0v) is 9.28. The van der Waals surface area contributed by atoms with Gasteiger partial charge in [0.15, 0.2) is 0 Å². The van der Waals surface area contributed by atoms with Crippen molar-refractivity contribution in [2.75, 3.05) is 6.61 Å². The van der Waals surface area contributed by atoms with Crippen LogP contribution in [0.4, 0.5) is 4.39 Å². The number of halogens is 1. The molecule has 0 heterocycles. The molecule has 0 radical (unpaired) electrons. The minimum atomic E-state index is -0.514. The normalized spacial score (nSPS) is 12.2. The molecule has 0 aliphatic heterocycles. The molecule has 0 aromatic heterocycles. The smallest absolute Gasteiger partial charge is 0.307 e. The van der Waals surface area contributed by atoms with E-state index in [2.05, 4.69) is 0 Å². The van der Waals surface area contributed by atoms with Crippen LogP contribution in [0.25, 0.3) is 0 Å². The Morgan fingerprint density at radius 2 is 2.31 bits per heavy atom. The summed E-state index contributed by atoms with van der Waals surface area (Å²) in [5, 5.41) is 0. The number of ether oxygens (including phenoxy) is 1. The number of carbonyl (C=O) groups excluding carboxylic acids is 1. The molecule has 1 aromatic rings. The molecule has 4 heteroatoms. The van der Waals surface area contributed by atoms with Crippen molar-refractivity contribution in [3.8, 4) is 0 Å². The fourth-order valence-electron chi connectivity index (χ4n) is 1.31. The maximum absolute atomic E-state index is 12.9. The van der Waals surface area contributed by atoms with Crippen molar-refractivity contribution in [3.63, 3.8) is 0 Å². The predicted octanol–water partition coefficient (Wildman–Crippen LogP) is 2.17. The quantitative estimate of drug-likeness (QED) is 0.781. The molecule has 0 bridgehead atoms. The van der Waals surface area contributed by atoms with E-state index in [1.54, 1.807) is 12.1 Å². The average molecular weight is 225 g/mol. The van der Waals surface area contributed by atoms with Gasteiger partial charge >= 0.3 is 5.97 Å². The van der Waals surface area contributed by atoms with Gasteiger partial charge in [0.25, 0.3) is 0 Å². The van der Waals surface area contributed by atoms with E-state index in [0.717, 1.165) is 6.42 Å². The van der Waals surface area contributed by atoms with E-state index in [9.17, 15) is 9.18 Å². The molecule has 1 rings (SSSR count). The van der Waals surface area contributed by atoms with Gasteiger partial charge in [-0.3, -0.25) is 4.79 Å². The summed E-state index contributed by atoms with van der Waals surface area (Å²) in [7, 11) is 0. The first-order valence-electron chi connectivity index (χ1n) is 5.30. The Kier molecular flexibility index (Phi) is 4.92. The Morgan fingerprint density at radius 1 is 1.56 bits per heavy atom. The number of hydrogen-bond acceptors (Lipinski definition) is 3. The van der Waals surface area contributed by atoms with Gasteiger partial charge in [0.2, 0.25) is 0 Å². The maximum Gasteiger partial charge on any atom is 0.307 e. The summed E-state index contributed by atoms with van der Waals surface area (Å²) in [6.45, 7) is 2.31. The monoisotopic (exact) mass is 225 g/mol. The van der Waals surface area contributed by atoms with Crippen LogP contribution in [0, 0.1) is 5.82 Å². The molecule has 1 atom stereocenters. The minimum absolute atomic E-state index is 0.0729. The van der Waals surface area contributed by atoms with Gasteiger partial charge in [-0.2, -0.15) is 0 Å². The van der Waals surface area contributed by atoms with Crippen molar-refractivity contribution >= 4 is 5.97 Å². The van der Waals surface area contributed by atoms with Crippen LogP contribution in [0.1, 0.15) is 31.4 Å². The van der Waals surface area contributed by atoms with Gasteiger partial charge < -0.3 is 10.5 Å². The lowest BCUT2D eigenvalue weighted by Crippen LogP contribution is -2.17. The van der Waals surface area contributed by atoms with E-state index >= 15 is 0 Å². The second-order valence-corrected chi connectivity index (χ2v) is 3.59. The van der Waals surface area contributed by atoms with Gasteiger partial charge in [-0.25, -0.2) is 4.39 Å². The lowest BCUT2D eigenvalue weighted by molar-refractivity contribution is -0.144. The first-order valence-corrected chi connectivity index (χ1v) is 5.30. The lowest BCUT2D eigenvalue weighted by Gasteiger charge is -2.11. The molecular weight excluding hydrogens is 209 g/mol. The summed E-state index contributed by atoms with van der Waals surface area (Å²) in [5.41, 5.74) is 6.37. The molecule has 0 aliphatic rings. The molecule has 0 fully saturated rings. The van der Waals surface area contributed by atoms with Crippen LogP contribution in [-0.4, -0.2) is 12.6 Å². The highest BCUT2D eigenvalue weighted by Gasteiger charge is 2.12. The second kappa shape index (κ2) is 6.23. The van der Waals surface area contributed by atoms with Crippen LogP contribution in [0.2, 0.25) is 0 Å². The summed E-state index contributed by atoms with van der Waals surface area (Å²) in [4.78, 5) is 11.3. The zero-order valence-electron chi connectivity index (χ0n) is 9.28. The van der Waals surface area contributed by atoms with Crippen molar-refractivity contribution in [1.29, 1.82) is 0 Å². The molecule has 0 aliphatic carbocycles. The number of hydrogen-bond donors (Lipinski definition) is 1. The van der Waals surface area contributed by atoms with Crippen molar-refractivity contribution in [3.05, 3.63) is 35.6 Å². The lowest BCUT2D eigenvalue weighted by atomic mass is 10.1. The fourth-order valence-corrected chi connectivity index (χ4v) is 1.31. The Balaban J connectivity index is 2.52. The van der Waals surface area contributed by atoms with E-state index in [4.69, 9.17) is 10.5 Å². The van der Waals surface area contributed by atoms with Crippen LogP contribution in [0.3, 0.4) is 0 Å². The highest BCUT2D eigenvalue weighted by Crippen LogP contribution is 2.15. The first kappa shape index (κ1) is 12.6. The molecule has 0 amide bonds. The largest absolute Gasteiger partial charge is 0.466 e. The second-order valence-electron chi connectivity index (χ2n) is 3.59. The summed E-state index contributed by atoms with van der Waals surface area (Å²) >= 11 is 0. The molecule has 1 aromatic carbocycles. The highest BCUT2D eigenvalue weighted by molar-refractivity contribution is 5.70. The van der Waals surface area contributed by atoms with Crippen molar-refractivity contribution < 1.29 is 13.9 Å². The molecule has 0 unspecified atom stereocenters. The highest BCUT2D eigenvalue weighted by atomic mass is 19.1. The summed E-state index contributed by atoms with van der Waals surface area (Å²) < 4.78 is 17.8. The number of carbonyl (C=O) groups is 1. The number of benzene rings is 1. The van der Waals surface area contributed by atoms with E-state index in [0.29, 0.717) is 12.2 Å². The topological polar surface area (TPSA) is 52.3 Å². The maximum atomic E-state index is 12.9. The number of nitrogens with two attached hydrogens (primary N) is 1. The Bertz CT molecular complexity index is 355. The predicted molar refractivity (Wildman–Crippen MR) is 59.2 cm³/mol. The third kappa shape index (κ3) is 3.98. The molecule has 0 saturated heterocycles. The van der Waals surface area contributed by atoms with Crippen molar-refractivity contribution in [2.45, 2.75) is 25.8 Å². The number of rotatable bonds is 5. The van der Waals surface area contributed by atoms with E-state index in [1.807, 2.05) is 6.92 Å². The molecule has 2 N–H and O–H groups in total. The Labute approximate surface area is 94.4 Å². The molecule has 0 spiro atoms. The summed E-state index contributed by atoms with van der Waals surface area (Å²) in [5.74, 6) is -0.700. The molecule has 16 heavy (non-hydrogen) atoms. The molecule has 0 saturated carbocycles.